The third kappa shape index (κ3) is 2.46. The second-order valence-electron chi connectivity index (χ2n) is 5.91. The predicted molar refractivity (Wildman–Crippen MR) is 88.8 cm³/mol. The number of aromatic nitrogens is 4. The van der Waals surface area contributed by atoms with E-state index in [1.807, 2.05) is 18.0 Å². The Kier molecular flexibility index (Phi) is 3.57. The Morgan fingerprint density at radius 2 is 2.17 bits per heavy atom. The van der Waals surface area contributed by atoms with Crippen molar-refractivity contribution in [1.29, 1.82) is 0 Å². The lowest BCUT2D eigenvalue weighted by atomic mass is 10.1. The molecule has 2 heterocycles. The average molecular weight is 319 g/mol. The lowest BCUT2D eigenvalue weighted by Gasteiger charge is -2.25. The summed E-state index contributed by atoms with van der Waals surface area (Å²) in [5.41, 5.74) is 3.18. The van der Waals surface area contributed by atoms with E-state index >= 15 is 0 Å². The van der Waals surface area contributed by atoms with E-state index in [9.17, 15) is 4.79 Å². The Hall–Kier alpha value is -3.02. The summed E-state index contributed by atoms with van der Waals surface area (Å²) in [6.45, 7) is 0. The molecule has 0 saturated heterocycles. The fourth-order valence-corrected chi connectivity index (χ4v) is 3.29. The molecule has 0 fully saturated rings. The molecule has 0 unspecified atom stereocenters. The van der Waals surface area contributed by atoms with E-state index in [4.69, 9.17) is 0 Å². The van der Waals surface area contributed by atoms with E-state index < -0.39 is 0 Å². The molecule has 24 heavy (non-hydrogen) atoms. The summed E-state index contributed by atoms with van der Waals surface area (Å²) >= 11 is 0. The fourth-order valence-electron chi connectivity index (χ4n) is 3.29. The zero-order valence-corrected chi connectivity index (χ0v) is 13.3. The van der Waals surface area contributed by atoms with Gasteiger partial charge in [0.1, 0.15) is 12.7 Å². The molecule has 0 radical (unpaired) electrons. The number of carbonyl (C=O) groups excluding carboxylic acids is 1. The molecule has 1 aliphatic carbocycles. The standard InChI is InChI=1S/C18H17N5O/c1-22(16-7-6-13-4-2-3-5-15(13)16)18(24)14-8-9-20-17(10-14)23-12-19-11-21-23/h2-5,8-12,16H,6-7H2,1H3/t16-/m0/s1. The molecule has 0 spiro atoms. The topological polar surface area (TPSA) is 63.9 Å². The smallest absolute Gasteiger partial charge is 0.254 e. The highest BCUT2D eigenvalue weighted by molar-refractivity contribution is 5.94. The Balaban J connectivity index is 1.61. The van der Waals surface area contributed by atoms with Crippen molar-refractivity contribution in [2.45, 2.75) is 18.9 Å². The summed E-state index contributed by atoms with van der Waals surface area (Å²) in [6.07, 6.45) is 6.60. The van der Waals surface area contributed by atoms with Crippen LogP contribution in [0.1, 0.15) is 33.9 Å². The summed E-state index contributed by atoms with van der Waals surface area (Å²) < 4.78 is 1.54. The number of benzene rings is 1. The van der Waals surface area contributed by atoms with Crippen LogP contribution in [0.3, 0.4) is 0 Å². The molecule has 1 amide bonds. The van der Waals surface area contributed by atoms with Crippen LogP contribution < -0.4 is 0 Å². The van der Waals surface area contributed by atoms with Crippen molar-refractivity contribution in [3.05, 3.63) is 71.9 Å². The molecule has 1 aromatic carbocycles. The van der Waals surface area contributed by atoms with Crippen LogP contribution in [0.4, 0.5) is 0 Å². The molecule has 4 rings (SSSR count). The van der Waals surface area contributed by atoms with E-state index in [0.717, 1.165) is 12.8 Å². The number of hydrogen-bond acceptors (Lipinski definition) is 4. The summed E-state index contributed by atoms with van der Waals surface area (Å²) in [5, 5.41) is 4.06. The number of amides is 1. The van der Waals surface area contributed by atoms with Crippen molar-refractivity contribution >= 4 is 5.91 Å². The van der Waals surface area contributed by atoms with Crippen LogP contribution in [0.15, 0.2) is 55.2 Å². The highest BCUT2D eigenvalue weighted by Gasteiger charge is 2.28. The maximum atomic E-state index is 12.9. The first-order chi connectivity index (χ1) is 11.7. The molecule has 0 N–H and O–H groups in total. The number of rotatable bonds is 3. The molecule has 3 aromatic rings. The average Bonchev–Trinajstić information content (AvgIpc) is 3.30. The van der Waals surface area contributed by atoms with Gasteiger partial charge in [-0.3, -0.25) is 4.79 Å². The number of carbonyl (C=O) groups is 1. The van der Waals surface area contributed by atoms with Crippen LogP contribution in [0.25, 0.3) is 5.82 Å². The van der Waals surface area contributed by atoms with Gasteiger partial charge in [0.15, 0.2) is 5.82 Å². The molecule has 6 nitrogen and oxygen atoms in total. The Labute approximate surface area is 139 Å². The summed E-state index contributed by atoms with van der Waals surface area (Å²) in [4.78, 5) is 22.9. The monoisotopic (exact) mass is 319 g/mol. The van der Waals surface area contributed by atoms with Crippen molar-refractivity contribution in [2.75, 3.05) is 7.05 Å². The number of pyridine rings is 1. The molecule has 120 valence electrons. The normalized spacial score (nSPS) is 16.0. The third-order valence-corrected chi connectivity index (χ3v) is 4.53. The first-order valence-corrected chi connectivity index (χ1v) is 7.90. The quantitative estimate of drug-likeness (QED) is 0.744. The van der Waals surface area contributed by atoms with Gasteiger partial charge in [0.25, 0.3) is 5.91 Å². The highest BCUT2D eigenvalue weighted by atomic mass is 16.2. The van der Waals surface area contributed by atoms with Crippen LogP contribution in [-0.2, 0) is 6.42 Å². The molecule has 0 saturated carbocycles. The molecular formula is C18H17N5O. The summed E-state index contributed by atoms with van der Waals surface area (Å²) in [7, 11) is 1.87. The Morgan fingerprint density at radius 1 is 1.29 bits per heavy atom. The number of hydrogen-bond donors (Lipinski definition) is 0. The van der Waals surface area contributed by atoms with Crippen LogP contribution >= 0.6 is 0 Å². The zero-order valence-electron chi connectivity index (χ0n) is 13.3. The van der Waals surface area contributed by atoms with Crippen LogP contribution in [0.2, 0.25) is 0 Å². The SMILES string of the molecule is CN(C(=O)c1ccnc(-n2cncn2)c1)[C@H]1CCc2ccccc21. The summed E-state index contributed by atoms with van der Waals surface area (Å²) in [5.74, 6) is 0.569. The van der Waals surface area contributed by atoms with Gasteiger partial charge in [-0.25, -0.2) is 14.6 Å². The number of aryl methyl sites for hydroxylation is 1. The van der Waals surface area contributed by atoms with E-state index in [0.29, 0.717) is 11.4 Å². The molecule has 1 atom stereocenters. The van der Waals surface area contributed by atoms with Crippen LogP contribution in [-0.4, -0.2) is 37.6 Å². The van der Waals surface area contributed by atoms with Crippen molar-refractivity contribution < 1.29 is 4.79 Å². The maximum absolute atomic E-state index is 12.9. The van der Waals surface area contributed by atoms with Gasteiger partial charge in [-0.1, -0.05) is 24.3 Å². The van der Waals surface area contributed by atoms with E-state index in [1.54, 1.807) is 29.3 Å². The first-order valence-electron chi connectivity index (χ1n) is 7.90. The van der Waals surface area contributed by atoms with Crippen molar-refractivity contribution in [3.63, 3.8) is 0 Å². The first kappa shape index (κ1) is 14.6. The molecular weight excluding hydrogens is 302 g/mol. The molecule has 0 aliphatic heterocycles. The fraction of sp³-hybridized carbons (Fsp3) is 0.222. The minimum Gasteiger partial charge on any atom is -0.335 e. The van der Waals surface area contributed by atoms with Crippen LogP contribution in [0.5, 0.6) is 0 Å². The van der Waals surface area contributed by atoms with Gasteiger partial charge in [0, 0.05) is 18.8 Å². The molecule has 0 bridgehead atoms. The zero-order chi connectivity index (χ0) is 16.5. The van der Waals surface area contributed by atoms with Crippen LogP contribution in [0, 0.1) is 0 Å². The minimum absolute atomic E-state index is 0.0135. The summed E-state index contributed by atoms with van der Waals surface area (Å²) in [6, 6.07) is 11.9. The van der Waals surface area contributed by atoms with E-state index in [1.165, 1.54) is 17.5 Å². The second-order valence-corrected chi connectivity index (χ2v) is 5.91. The number of fused-ring (bicyclic) bond motifs is 1. The molecule has 1 aliphatic rings. The molecule has 2 aromatic heterocycles. The Morgan fingerprint density at radius 3 is 3.00 bits per heavy atom. The van der Waals surface area contributed by atoms with E-state index in [2.05, 4.69) is 33.3 Å². The van der Waals surface area contributed by atoms with Crippen molar-refractivity contribution in [3.8, 4) is 5.82 Å². The lowest BCUT2D eigenvalue weighted by molar-refractivity contribution is 0.0730. The Bertz CT molecular complexity index is 875. The molecule has 6 heteroatoms. The lowest BCUT2D eigenvalue weighted by Crippen LogP contribution is -2.30. The van der Waals surface area contributed by atoms with Gasteiger partial charge in [-0.15, -0.1) is 0 Å². The van der Waals surface area contributed by atoms with Crippen molar-refractivity contribution in [2.24, 2.45) is 0 Å². The van der Waals surface area contributed by atoms with Gasteiger partial charge < -0.3 is 4.90 Å². The van der Waals surface area contributed by atoms with Gasteiger partial charge in [-0.05, 0) is 36.1 Å². The third-order valence-electron chi connectivity index (χ3n) is 4.53. The van der Waals surface area contributed by atoms with Gasteiger partial charge >= 0.3 is 0 Å². The largest absolute Gasteiger partial charge is 0.335 e. The van der Waals surface area contributed by atoms with Gasteiger partial charge in [0.2, 0.25) is 0 Å². The minimum atomic E-state index is -0.0135. The van der Waals surface area contributed by atoms with Gasteiger partial charge in [-0.2, -0.15) is 5.10 Å². The number of nitrogens with zero attached hydrogens (tertiary/aromatic N) is 5. The second kappa shape index (κ2) is 5.88. The maximum Gasteiger partial charge on any atom is 0.254 e. The highest BCUT2D eigenvalue weighted by Crippen LogP contribution is 2.35. The van der Waals surface area contributed by atoms with Crippen molar-refractivity contribution in [1.82, 2.24) is 24.6 Å². The predicted octanol–water partition coefficient (Wildman–Crippen LogP) is 2.42. The van der Waals surface area contributed by atoms with Gasteiger partial charge in [0.05, 0.1) is 6.04 Å². The van der Waals surface area contributed by atoms with E-state index in [-0.39, 0.29) is 11.9 Å².